The lowest BCUT2D eigenvalue weighted by atomic mass is 9.87. The summed E-state index contributed by atoms with van der Waals surface area (Å²) in [4.78, 5) is 40.0. The molecule has 2 saturated heterocycles. The normalized spacial score (nSPS) is 22.4. The van der Waals surface area contributed by atoms with Crippen LogP contribution in [0.4, 0.5) is 14.0 Å². The fourth-order valence-corrected chi connectivity index (χ4v) is 4.61. The van der Waals surface area contributed by atoms with E-state index in [1.807, 2.05) is 44.2 Å². The Kier molecular flexibility index (Phi) is 6.86. The van der Waals surface area contributed by atoms with Gasteiger partial charge in [-0.05, 0) is 38.2 Å². The number of carbonyl (C=O) groups excluding carboxylic acids is 3. The molecule has 0 saturated carbocycles. The number of benzene rings is 1. The number of amides is 3. The lowest BCUT2D eigenvalue weighted by Crippen LogP contribution is -2.52. The summed E-state index contributed by atoms with van der Waals surface area (Å²) in [6, 6.07) is 8.83. The Balaban J connectivity index is 1.54. The maximum atomic E-state index is 15.2. The van der Waals surface area contributed by atoms with Crippen molar-refractivity contribution < 1.29 is 28.2 Å². The van der Waals surface area contributed by atoms with E-state index >= 15 is 4.39 Å². The molecule has 1 aromatic rings. The fourth-order valence-electron chi connectivity index (χ4n) is 4.61. The summed E-state index contributed by atoms with van der Waals surface area (Å²) in [6.07, 6.45) is -2.41. The standard InChI is InChI=1S/C23H31FN2O5/c1-15(2)19-23(3,4)31-22(29)26(19)20(27)18(24)17-10-12-25(13-11-17)21(28)30-14-16-8-6-5-7-9-16/h5-9,15,17-19H,10-14H2,1-4H3/t18?,19-/m0/s1. The van der Waals surface area contributed by atoms with Gasteiger partial charge in [-0.3, -0.25) is 4.79 Å². The van der Waals surface area contributed by atoms with Gasteiger partial charge in [-0.1, -0.05) is 44.2 Å². The Morgan fingerprint density at radius 1 is 1.19 bits per heavy atom. The molecule has 7 nitrogen and oxygen atoms in total. The van der Waals surface area contributed by atoms with E-state index in [2.05, 4.69) is 0 Å². The van der Waals surface area contributed by atoms with Crippen LogP contribution in [0, 0.1) is 11.8 Å². The van der Waals surface area contributed by atoms with Crippen LogP contribution in [0.2, 0.25) is 0 Å². The summed E-state index contributed by atoms with van der Waals surface area (Å²) in [7, 11) is 0. The van der Waals surface area contributed by atoms with Crippen LogP contribution in [0.15, 0.2) is 30.3 Å². The topological polar surface area (TPSA) is 76.2 Å². The minimum atomic E-state index is -1.81. The van der Waals surface area contributed by atoms with Crippen LogP contribution >= 0.6 is 0 Å². The van der Waals surface area contributed by atoms with Gasteiger partial charge in [0.1, 0.15) is 12.2 Å². The zero-order valence-corrected chi connectivity index (χ0v) is 18.5. The number of imide groups is 1. The van der Waals surface area contributed by atoms with E-state index in [1.54, 1.807) is 13.8 Å². The zero-order valence-electron chi connectivity index (χ0n) is 18.5. The number of alkyl halides is 1. The Morgan fingerprint density at radius 3 is 2.39 bits per heavy atom. The van der Waals surface area contributed by atoms with Crippen LogP contribution in [0.1, 0.15) is 46.1 Å². The van der Waals surface area contributed by atoms with E-state index in [9.17, 15) is 14.4 Å². The minimum absolute atomic E-state index is 0.0705. The molecule has 1 unspecified atom stereocenters. The molecule has 0 radical (unpaired) electrons. The average Bonchev–Trinajstić information content (AvgIpc) is 3.00. The molecule has 1 aromatic carbocycles. The molecular weight excluding hydrogens is 403 g/mol. The lowest BCUT2D eigenvalue weighted by molar-refractivity contribution is -0.138. The average molecular weight is 435 g/mol. The molecule has 2 fully saturated rings. The van der Waals surface area contributed by atoms with Crippen molar-refractivity contribution >= 4 is 18.1 Å². The highest BCUT2D eigenvalue weighted by Gasteiger charge is 2.54. The number of halogens is 1. The van der Waals surface area contributed by atoms with Gasteiger partial charge in [0.25, 0.3) is 5.91 Å². The molecule has 0 bridgehead atoms. The molecule has 0 N–H and O–H groups in total. The number of rotatable bonds is 5. The first kappa shape index (κ1) is 23.0. The summed E-state index contributed by atoms with van der Waals surface area (Å²) in [5.74, 6) is -1.48. The molecule has 170 valence electrons. The maximum Gasteiger partial charge on any atom is 0.417 e. The third kappa shape index (κ3) is 4.99. The van der Waals surface area contributed by atoms with Crippen LogP contribution in [0.25, 0.3) is 0 Å². The van der Waals surface area contributed by atoms with E-state index in [1.165, 1.54) is 4.90 Å². The summed E-state index contributed by atoms with van der Waals surface area (Å²) >= 11 is 0. The van der Waals surface area contributed by atoms with Crippen molar-refractivity contribution in [3.8, 4) is 0 Å². The molecule has 2 heterocycles. The SMILES string of the molecule is CC(C)[C@@H]1N(C(=O)C(F)C2CCN(C(=O)OCc3ccccc3)CC2)C(=O)OC1(C)C. The molecule has 0 aliphatic carbocycles. The first-order chi connectivity index (χ1) is 14.6. The molecule has 0 aromatic heterocycles. The van der Waals surface area contributed by atoms with Gasteiger partial charge in [0.2, 0.25) is 0 Å². The van der Waals surface area contributed by atoms with Crippen LogP contribution in [0.5, 0.6) is 0 Å². The van der Waals surface area contributed by atoms with E-state index < -0.39 is 41.8 Å². The summed E-state index contributed by atoms with van der Waals surface area (Å²) < 4.78 is 25.8. The Bertz CT molecular complexity index is 805. The van der Waals surface area contributed by atoms with Gasteiger partial charge in [0, 0.05) is 19.0 Å². The molecule has 31 heavy (non-hydrogen) atoms. The number of cyclic esters (lactones) is 1. The third-order valence-corrected chi connectivity index (χ3v) is 6.06. The molecule has 2 aliphatic rings. The quantitative estimate of drug-likeness (QED) is 0.696. The van der Waals surface area contributed by atoms with E-state index in [-0.39, 0.29) is 12.5 Å². The van der Waals surface area contributed by atoms with Gasteiger partial charge in [-0.25, -0.2) is 18.9 Å². The lowest BCUT2D eigenvalue weighted by Gasteiger charge is -2.35. The number of likely N-dealkylation sites (tertiary alicyclic amines) is 1. The smallest absolute Gasteiger partial charge is 0.417 e. The highest BCUT2D eigenvalue weighted by molar-refractivity contribution is 5.96. The highest BCUT2D eigenvalue weighted by atomic mass is 19.1. The van der Waals surface area contributed by atoms with Gasteiger partial charge < -0.3 is 14.4 Å². The Labute approximate surface area is 182 Å². The number of piperidine rings is 1. The van der Waals surface area contributed by atoms with Gasteiger partial charge in [-0.15, -0.1) is 0 Å². The number of hydrogen-bond donors (Lipinski definition) is 0. The molecular formula is C23H31FN2O5. The van der Waals surface area contributed by atoms with Crippen molar-refractivity contribution in [1.82, 2.24) is 9.80 Å². The second kappa shape index (κ2) is 9.24. The van der Waals surface area contributed by atoms with E-state index in [4.69, 9.17) is 9.47 Å². The van der Waals surface area contributed by atoms with Crippen LogP contribution in [0.3, 0.4) is 0 Å². The molecule has 8 heteroatoms. The van der Waals surface area contributed by atoms with E-state index in [0.717, 1.165) is 10.5 Å². The molecule has 3 amide bonds. The summed E-state index contributed by atoms with van der Waals surface area (Å²) in [5.41, 5.74) is 0.0206. The molecule has 3 rings (SSSR count). The predicted octanol–water partition coefficient (Wildman–Crippen LogP) is 4.16. The maximum absolute atomic E-state index is 15.2. The Morgan fingerprint density at radius 2 is 1.81 bits per heavy atom. The molecule has 2 atom stereocenters. The highest BCUT2D eigenvalue weighted by Crippen LogP contribution is 2.36. The van der Waals surface area contributed by atoms with Crippen molar-refractivity contribution in [1.29, 1.82) is 0 Å². The minimum Gasteiger partial charge on any atom is -0.445 e. The number of hydrogen-bond acceptors (Lipinski definition) is 5. The number of carbonyl (C=O) groups is 3. The van der Waals surface area contributed by atoms with Crippen LogP contribution < -0.4 is 0 Å². The van der Waals surface area contributed by atoms with Crippen LogP contribution in [-0.4, -0.2) is 58.8 Å². The monoisotopic (exact) mass is 434 g/mol. The summed E-state index contributed by atoms with van der Waals surface area (Å²) in [5, 5.41) is 0. The largest absolute Gasteiger partial charge is 0.445 e. The molecule has 2 aliphatic heterocycles. The van der Waals surface area contributed by atoms with Crippen LogP contribution in [-0.2, 0) is 20.9 Å². The van der Waals surface area contributed by atoms with Gasteiger partial charge in [0.05, 0.1) is 6.04 Å². The Hall–Kier alpha value is -2.64. The van der Waals surface area contributed by atoms with Crippen molar-refractivity contribution in [3.05, 3.63) is 35.9 Å². The van der Waals surface area contributed by atoms with E-state index in [0.29, 0.717) is 25.9 Å². The zero-order chi connectivity index (χ0) is 22.8. The van der Waals surface area contributed by atoms with Gasteiger partial charge in [-0.2, -0.15) is 0 Å². The molecule has 0 spiro atoms. The predicted molar refractivity (Wildman–Crippen MR) is 112 cm³/mol. The van der Waals surface area contributed by atoms with Crippen molar-refractivity contribution in [3.63, 3.8) is 0 Å². The van der Waals surface area contributed by atoms with Crippen molar-refractivity contribution in [2.45, 2.75) is 65.0 Å². The number of ether oxygens (including phenoxy) is 2. The van der Waals surface area contributed by atoms with Gasteiger partial charge >= 0.3 is 12.2 Å². The fraction of sp³-hybridized carbons (Fsp3) is 0.609. The summed E-state index contributed by atoms with van der Waals surface area (Å²) in [6.45, 7) is 7.99. The first-order valence-electron chi connectivity index (χ1n) is 10.8. The van der Waals surface area contributed by atoms with Gasteiger partial charge in [0.15, 0.2) is 6.17 Å². The first-order valence-corrected chi connectivity index (χ1v) is 10.8. The second-order valence-corrected chi connectivity index (χ2v) is 9.13. The number of nitrogens with zero attached hydrogens (tertiary/aromatic N) is 2. The third-order valence-electron chi connectivity index (χ3n) is 6.06. The van der Waals surface area contributed by atoms with Crippen molar-refractivity contribution in [2.24, 2.45) is 11.8 Å². The second-order valence-electron chi connectivity index (χ2n) is 9.13. The van der Waals surface area contributed by atoms with Crippen molar-refractivity contribution in [2.75, 3.05) is 13.1 Å².